The van der Waals surface area contributed by atoms with Crippen molar-refractivity contribution in [3.63, 3.8) is 0 Å². The standard InChI is InChI=1S/C14H17BrClNO2/c15-9-12-3-1-2-8-17(12)14(18)10-19-13-6-4-11(16)5-7-13/h4-7,12H,1-3,8-10H2. The average Bonchev–Trinajstić information content (AvgIpc) is 2.46. The first-order valence-electron chi connectivity index (χ1n) is 6.44. The minimum Gasteiger partial charge on any atom is -0.484 e. The Morgan fingerprint density at radius 3 is 2.79 bits per heavy atom. The summed E-state index contributed by atoms with van der Waals surface area (Å²) in [5.74, 6) is 0.726. The quantitative estimate of drug-likeness (QED) is 0.781. The molecule has 0 aliphatic carbocycles. The van der Waals surface area contributed by atoms with Crippen LogP contribution in [0.3, 0.4) is 0 Å². The Balaban J connectivity index is 1.87. The van der Waals surface area contributed by atoms with Crippen LogP contribution < -0.4 is 4.74 Å². The van der Waals surface area contributed by atoms with E-state index in [0.717, 1.165) is 24.7 Å². The third kappa shape index (κ3) is 4.11. The van der Waals surface area contributed by atoms with Crippen LogP contribution in [0.1, 0.15) is 19.3 Å². The van der Waals surface area contributed by atoms with Gasteiger partial charge in [0.05, 0.1) is 0 Å². The van der Waals surface area contributed by atoms with Crippen LogP contribution in [0, 0.1) is 0 Å². The van der Waals surface area contributed by atoms with Crippen molar-refractivity contribution >= 4 is 33.4 Å². The van der Waals surface area contributed by atoms with Gasteiger partial charge in [-0.2, -0.15) is 0 Å². The highest BCUT2D eigenvalue weighted by molar-refractivity contribution is 9.09. The van der Waals surface area contributed by atoms with E-state index in [1.165, 1.54) is 6.42 Å². The van der Waals surface area contributed by atoms with Crippen LogP contribution in [0.25, 0.3) is 0 Å². The molecule has 1 saturated heterocycles. The number of hydrogen-bond donors (Lipinski definition) is 0. The Hall–Kier alpha value is -0.740. The van der Waals surface area contributed by atoms with Gasteiger partial charge in [-0.15, -0.1) is 0 Å². The second-order valence-corrected chi connectivity index (χ2v) is 5.72. The van der Waals surface area contributed by atoms with Crippen molar-refractivity contribution in [2.45, 2.75) is 25.3 Å². The fourth-order valence-corrected chi connectivity index (χ4v) is 3.05. The highest BCUT2D eigenvalue weighted by atomic mass is 79.9. The van der Waals surface area contributed by atoms with E-state index in [9.17, 15) is 4.79 Å². The predicted molar refractivity (Wildman–Crippen MR) is 80.1 cm³/mol. The predicted octanol–water partition coefficient (Wildman–Crippen LogP) is 3.49. The summed E-state index contributed by atoms with van der Waals surface area (Å²) in [6, 6.07) is 7.35. The molecular weight excluding hydrogens is 330 g/mol. The van der Waals surface area contributed by atoms with E-state index >= 15 is 0 Å². The first kappa shape index (κ1) is 14.7. The topological polar surface area (TPSA) is 29.5 Å². The minimum atomic E-state index is 0.0547. The van der Waals surface area contributed by atoms with Crippen molar-refractivity contribution in [3.05, 3.63) is 29.3 Å². The number of rotatable bonds is 4. The molecule has 3 nitrogen and oxygen atoms in total. The van der Waals surface area contributed by atoms with Gasteiger partial charge in [-0.3, -0.25) is 4.79 Å². The molecule has 2 rings (SSSR count). The van der Waals surface area contributed by atoms with Gasteiger partial charge < -0.3 is 9.64 Å². The molecule has 0 spiro atoms. The van der Waals surface area contributed by atoms with Gasteiger partial charge >= 0.3 is 0 Å². The molecule has 1 amide bonds. The fourth-order valence-electron chi connectivity index (χ4n) is 2.25. The molecule has 1 aliphatic rings. The minimum absolute atomic E-state index is 0.0547. The summed E-state index contributed by atoms with van der Waals surface area (Å²) < 4.78 is 5.50. The average molecular weight is 347 g/mol. The second kappa shape index (κ2) is 7.15. The second-order valence-electron chi connectivity index (χ2n) is 4.63. The summed E-state index contributed by atoms with van der Waals surface area (Å²) in [6.07, 6.45) is 3.34. The van der Waals surface area contributed by atoms with E-state index in [4.69, 9.17) is 16.3 Å². The zero-order valence-electron chi connectivity index (χ0n) is 10.6. The largest absolute Gasteiger partial charge is 0.484 e. The maximum Gasteiger partial charge on any atom is 0.260 e. The summed E-state index contributed by atoms with van der Waals surface area (Å²) in [5, 5.41) is 1.49. The van der Waals surface area contributed by atoms with Gasteiger partial charge in [-0.25, -0.2) is 0 Å². The smallest absolute Gasteiger partial charge is 0.260 e. The van der Waals surface area contributed by atoms with E-state index in [1.807, 2.05) is 4.90 Å². The summed E-state index contributed by atoms with van der Waals surface area (Å²) >= 11 is 9.27. The highest BCUT2D eigenvalue weighted by Crippen LogP contribution is 2.20. The SMILES string of the molecule is O=C(COc1ccc(Cl)cc1)N1CCCCC1CBr. The highest BCUT2D eigenvalue weighted by Gasteiger charge is 2.25. The summed E-state index contributed by atoms with van der Waals surface area (Å²) in [7, 11) is 0. The molecule has 1 fully saturated rings. The summed E-state index contributed by atoms with van der Waals surface area (Å²) in [4.78, 5) is 14.1. The van der Waals surface area contributed by atoms with Crippen LogP contribution in [0.4, 0.5) is 0 Å². The molecule has 1 heterocycles. The Morgan fingerprint density at radius 2 is 2.11 bits per heavy atom. The first-order valence-corrected chi connectivity index (χ1v) is 7.94. The lowest BCUT2D eigenvalue weighted by atomic mass is 10.0. The maximum absolute atomic E-state index is 12.2. The van der Waals surface area contributed by atoms with Crippen molar-refractivity contribution in [1.82, 2.24) is 4.90 Å². The molecule has 1 aromatic rings. The molecule has 19 heavy (non-hydrogen) atoms. The van der Waals surface area contributed by atoms with Gasteiger partial charge in [0.25, 0.3) is 5.91 Å². The zero-order chi connectivity index (χ0) is 13.7. The summed E-state index contributed by atoms with van der Waals surface area (Å²) in [6.45, 7) is 0.921. The summed E-state index contributed by atoms with van der Waals surface area (Å²) in [5.41, 5.74) is 0. The van der Waals surface area contributed by atoms with Gasteiger partial charge in [-0.1, -0.05) is 27.5 Å². The molecule has 1 atom stereocenters. The van der Waals surface area contributed by atoms with Crippen LogP contribution in [0.15, 0.2) is 24.3 Å². The molecule has 104 valence electrons. The third-order valence-corrected chi connectivity index (χ3v) is 4.30. The Labute approximate surface area is 127 Å². The number of carbonyl (C=O) groups excluding carboxylic acids is 1. The van der Waals surface area contributed by atoms with E-state index in [0.29, 0.717) is 16.8 Å². The van der Waals surface area contributed by atoms with Gasteiger partial charge in [0.1, 0.15) is 5.75 Å². The van der Waals surface area contributed by atoms with Crippen LogP contribution in [0.2, 0.25) is 5.02 Å². The van der Waals surface area contributed by atoms with Crippen molar-refractivity contribution < 1.29 is 9.53 Å². The van der Waals surface area contributed by atoms with Crippen LogP contribution in [0.5, 0.6) is 5.75 Å². The van der Waals surface area contributed by atoms with E-state index in [1.54, 1.807) is 24.3 Å². The zero-order valence-corrected chi connectivity index (χ0v) is 13.0. The Bertz CT molecular complexity index is 424. The molecule has 0 saturated carbocycles. The fraction of sp³-hybridized carbons (Fsp3) is 0.500. The number of alkyl halides is 1. The normalized spacial score (nSPS) is 19.3. The number of amides is 1. The Kier molecular flexibility index (Phi) is 5.52. The van der Waals surface area contributed by atoms with E-state index in [-0.39, 0.29) is 12.5 Å². The van der Waals surface area contributed by atoms with Crippen molar-refractivity contribution in [2.24, 2.45) is 0 Å². The lowest BCUT2D eigenvalue weighted by molar-refractivity contribution is -0.136. The molecular formula is C14H17BrClNO2. The molecule has 1 unspecified atom stereocenters. The van der Waals surface area contributed by atoms with Crippen molar-refractivity contribution in [3.8, 4) is 5.75 Å². The number of nitrogens with zero attached hydrogens (tertiary/aromatic N) is 1. The number of ether oxygens (including phenoxy) is 1. The Morgan fingerprint density at radius 1 is 1.37 bits per heavy atom. The van der Waals surface area contributed by atoms with Crippen molar-refractivity contribution in [1.29, 1.82) is 0 Å². The van der Waals surface area contributed by atoms with E-state index < -0.39 is 0 Å². The monoisotopic (exact) mass is 345 g/mol. The van der Waals surface area contributed by atoms with Gasteiger partial charge in [0, 0.05) is 22.9 Å². The molecule has 0 aromatic heterocycles. The molecule has 0 N–H and O–H groups in total. The number of carbonyl (C=O) groups is 1. The van der Waals surface area contributed by atoms with Gasteiger partial charge in [0.15, 0.2) is 6.61 Å². The van der Waals surface area contributed by atoms with Gasteiger partial charge in [-0.05, 0) is 43.5 Å². The molecule has 1 aromatic carbocycles. The van der Waals surface area contributed by atoms with Crippen LogP contribution in [-0.4, -0.2) is 35.3 Å². The van der Waals surface area contributed by atoms with Crippen molar-refractivity contribution in [2.75, 3.05) is 18.5 Å². The van der Waals surface area contributed by atoms with E-state index in [2.05, 4.69) is 15.9 Å². The third-order valence-electron chi connectivity index (χ3n) is 3.30. The molecule has 1 aliphatic heterocycles. The lowest BCUT2D eigenvalue weighted by Crippen LogP contribution is -2.46. The molecule has 0 radical (unpaired) electrons. The number of likely N-dealkylation sites (tertiary alicyclic amines) is 1. The number of hydrogen-bond acceptors (Lipinski definition) is 2. The lowest BCUT2D eigenvalue weighted by Gasteiger charge is -2.34. The first-order chi connectivity index (χ1) is 9.20. The number of piperidine rings is 1. The van der Waals surface area contributed by atoms with Crippen LogP contribution >= 0.6 is 27.5 Å². The number of benzene rings is 1. The molecule has 0 bridgehead atoms. The molecule has 5 heteroatoms. The van der Waals surface area contributed by atoms with Gasteiger partial charge in [0.2, 0.25) is 0 Å². The van der Waals surface area contributed by atoms with Crippen LogP contribution in [-0.2, 0) is 4.79 Å². The maximum atomic E-state index is 12.2. The number of halogens is 2.